The van der Waals surface area contributed by atoms with Crippen LogP contribution in [0.4, 0.5) is 0 Å². The first-order chi connectivity index (χ1) is 7.18. The van der Waals surface area contributed by atoms with Crippen LogP contribution in [0.15, 0.2) is 0 Å². The van der Waals surface area contributed by atoms with Crippen LogP contribution in [0.3, 0.4) is 0 Å². The van der Waals surface area contributed by atoms with Crippen LogP contribution in [-0.4, -0.2) is 14.6 Å². The molecule has 78 valence electrons. The van der Waals surface area contributed by atoms with Crippen LogP contribution >= 0.6 is 34.2 Å². The molecule has 2 aromatic heterocycles. The van der Waals surface area contributed by atoms with Crippen molar-refractivity contribution < 1.29 is 0 Å². The molecular formula is C10H9ClIN3. The summed E-state index contributed by atoms with van der Waals surface area (Å²) in [7, 11) is 0. The molecule has 0 fully saturated rings. The third-order valence-corrected chi connectivity index (χ3v) is 4.48. The average molecular weight is 334 g/mol. The smallest absolute Gasteiger partial charge is 0.170 e. The molecule has 0 bridgehead atoms. The topological polar surface area (TPSA) is 30.2 Å². The van der Waals surface area contributed by atoms with Crippen molar-refractivity contribution in [2.24, 2.45) is 0 Å². The van der Waals surface area contributed by atoms with Crippen LogP contribution in [0.25, 0.3) is 5.65 Å². The minimum atomic E-state index is 0.749. The predicted octanol–water partition coefficient (Wildman–Crippen LogP) is 2.78. The van der Waals surface area contributed by atoms with E-state index in [1.807, 2.05) is 6.92 Å². The zero-order valence-electron chi connectivity index (χ0n) is 8.22. The van der Waals surface area contributed by atoms with E-state index < -0.39 is 0 Å². The molecule has 0 amide bonds. The maximum atomic E-state index is 6.33. The zero-order valence-corrected chi connectivity index (χ0v) is 11.1. The minimum absolute atomic E-state index is 0.749. The van der Waals surface area contributed by atoms with Crippen molar-refractivity contribution in [3.8, 4) is 0 Å². The van der Waals surface area contributed by atoms with Crippen molar-refractivity contribution in [3.05, 3.63) is 25.7 Å². The third kappa shape index (κ3) is 1.30. The number of fused-ring (bicyclic) bond motifs is 2. The number of rotatable bonds is 0. The van der Waals surface area contributed by atoms with Crippen LogP contribution in [0.5, 0.6) is 0 Å². The van der Waals surface area contributed by atoms with E-state index in [1.54, 1.807) is 4.52 Å². The van der Waals surface area contributed by atoms with Crippen molar-refractivity contribution in [2.75, 3.05) is 0 Å². The number of aryl methyl sites for hydroxylation is 2. The van der Waals surface area contributed by atoms with E-state index >= 15 is 0 Å². The van der Waals surface area contributed by atoms with Crippen molar-refractivity contribution >= 4 is 39.8 Å². The summed E-state index contributed by atoms with van der Waals surface area (Å²) < 4.78 is 2.87. The minimum Gasteiger partial charge on any atom is -0.232 e. The van der Waals surface area contributed by atoms with Gasteiger partial charge in [-0.05, 0) is 48.8 Å². The van der Waals surface area contributed by atoms with Gasteiger partial charge in [0.15, 0.2) is 5.65 Å². The van der Waals surface area contributed by atoms with Gasteiger partial charge in [-0.15, -0.1) is 0 Å². The van der Waals surface area contributed by atoms with Crippen molar-refractivity contribution in [2.45, 2.75) is 26.2 Å². The van der Waals surface area contributed by atoms with E-state index in [2.05, 4.69) is 32.7 Å². The van der Waals surface area contributed by atoms with Crippen molar-refractivity contribution in [3.63, 3.8) is 0 Å². The van der Waals surface area contributed by atoms with Gasteiger partial charge in [-0.3, -0.25) is 0 Å². The third-order valence-electron chi connectivity index (χ3n) is 2.83. The Hall–Kier alpha value is -0.360. The van der Waals surface area contributed by atoms with Crippen molar-refractivity contribution in [1.82, 2.24) is 14.6 Å². The van der Waals surface area contributed by atoms with Gasteiger partial charge < -0.3 is 0 Å². The highest BCUT2D eigenvalue weighted by Gasteiger charge is 2.21. The molecule has 0 N–H and O–H groups in total. The number of aromatic nitrogens is 3. The number of hydrogen-bond donors (Lipinski definition) is 0. The Morgan fingerprint density at radius 1 is 1.40 bits per heavy atom. The molecule has 0 aromatic carbocycles. The summed E-state index contributed by atoms with van der Waals surface area (Å²) in [5.74, 6) is 0. The second-order valence-corrected chi connectivity index (χ2v) is 5.25. The van der Waals surface area contributed by atoms with Crippen molar-refractivity contribution in [1.29, 1.82) is 0 Å². The van der Waals surface area contributed by atoms with Crippen LogP contribution in [0, 0.1) is 10.5 Å². The predicted molar refractivity (Wildman–Crippen MR) is 67.5 cm³/mol. The molecule has 0 unspecified atom stereocenters. The van der Waals surface area contributed by atoms with Gasteiger partial charge in [0.25, 0.3) is 0 Å². The summed E-state index contributed by atoms with van der Waals surface area (Å²) in [6.45, 7) is 1.98. The van der Waals surface area contributed by atoms with Gasteiger partial charge in [0.1, 0.15) is 5.15 Å². The Morgan fingerprint density at radius 3 is 3.00 bits per heavy atom. The van der Waals surface area contributed by atoms with E-state index in [0.717, 1.165) is 45.0 Å². The average Bonchev–Trinajstić information content (AvgIpc) is 2.77. The lowest BCUT2D eigenvalue weighted by atomic mass is 10.3. The summed E-state index contributed by atoms with van der Waals surface area (Å²) in [6.07, 6.45) is 3.24. The maximum absolute atomic E-state index is 6.33. The summed E-state index contributed by atoms with van der Waals surface area (Å²) in [5.41, 5.74) is 4.24. The lowest BCUT2D eigenvalue weighted by Crippen LogP contribution is -1.99. The molecule has 0 saturated carbocycles. The SMILES string of the molecule is Cc1nn2c(Cl)c3c(nc2c1I)CCC3. The largest absolute Gasteiger partial charge is 0.232 e. The molecular weight excluding hydrogens is 324 g/mol. The molecule has 0 aliphatic heterocycles. The van der Waals surface area contributed by atoms with Gasteiger partial charge in [0, 0.05) is 11.3 Å². The summed E-state index contributed by atoms with van der Waals surface area (Å²) in [4.78, 5) is 4.65. The Kier molecular flexibility index (Phi) is 2.17. The number of halogens is 2. The second-order valence-electron chi connectivity index (χ2n) is 3.82. The lowest BCUT2D eigenvalue weighted by molar-refractivity contribution is 0.895. The maximum Gasteiger partial charge on any atom is 0.170 e. The first-order valence-electron chi connectivity index (χ1n) is 4.90. The van der Waals surface area contributed by atoms with Gasteiger partial charge in [0.2, 0.25) is 0 Å². The van der Waals surface area contributed by atoms with Crippen LogP contribution in [0.1, 0.15) is 23.4 Å². The Labute approximate surface area is 106 Å². The van der Waals surface area contributed by atoms with E-state index in [-0.39, 0.29) is 0 Å². The Bertz CT molecular complexity index is 562. The molecule has 0 spiro atoms. The fourth-order valence-corrected chi connectivity index (χ4v) is 2.84. The Balaban J connectivity index is 2.45. The standard InChI is InChI=1S/C10H9ClIN3/c1-5-8(12)10-13-7-4-2-3-6(7)9(11)15(10)14-5/h2-4H2,1H3. The zero-order chi connectivity index (χ0) is 10.6. The second kappa shape index (κ2) is 3.31. The molecule has 2 aromatic rings. The van der Waals surface area contributed by atoms with Gasteiger partial charge in [-0.2, -0.15) is 5.10 Å². The Morgan fingerprint density at radius 2 is 2.20 bits per heavy atom. The molecule has 2 heterocycles. The van der Waals surface area contributed by atoms with E-state index in [0.29, 0.717) is 0 Å². The van der Waals surface area contributed by atoms with Gasteiger partial charge in [-0.25, -0.2) is 9.50 Å². The summed E-state index contributed by atoms with van der Waals surface area (Å²) in [6, 6.07) is 0. The normalized spacial score (nSPS) is 14.9. The molecule has 0 radical (unpaired) electrons. The summed E-state index contributed by atoms with van der Waals surface area (Å²) in [5, 5.41) is 5.15. The van der Waals surface area contributed by atoms with E-state index in [9.17, 15) is 0 Å². The fraction of sp³-hybridized carbons (Fsp3) is 0.400. The highest BCUT2D eigenvalue weighted by Crippen LogP contribution is 2.30. The van der Waals surface area contributed by atoms with Crippen LogP contribution in [0.2, 0.25) is 5.15 Å². The first kappa shape index (κ1) is 9.84. The van der Waals surface area contributed by atoms with Gasteiger partial charge in [0.05, 0.1) is 9.26 Å². The number of nitrogens with zero attached hydrogens (tertiary/aromatic N) is 3. The highest BCUT2D eigenvalue weighted by atomic mass is 127. The van der Waals surface area contributed by atoms with Crippen LogP contribution < -0.4 is 0 Å². The molecule has 0 saturated heterocycles. The molecule has 3 nitrogen and oxygen atoms in total. The monoisotopic (exact) mass is 333 g/mol. The van der Waals surface area contributed by atoms with E-state index in [4.69, 9.17) is 11.6 Å². The van der Waals surface area contributed by atoms with Gasteiger partial charge >= 0.3 is 0 Å². The number of hydrogen-bond acceptors (Lipinski definition) is 2. The quantitative estimate of drug-likeness (QED) is 0.548. The summed E-state index contributed by atoms with van der Waals surface area (Å²) >= 11 is 8.60. The lowest BCUT2D eigenvalue weighted by Gasteiger charge is -2.03. The highest BCUT2D eigenvalue weighted by molar-refractivity contribution is 14.1. The van der Waals surface area contributed by atoms with Gasteiger partial charge in [-0.1, -0.05) is 11.6 Å². The molecule has 15 heavy (non-hydrogen) atoms. The molecule has 1 aliphatic rings. The van der Waals surface area contributed by atoms with E-state index in [1.165, 1.54) is 5.56 Å². The fourth-order valence-electron chi connectivity index (χ4n) is 2.06. The molecule has 5 heteroatoms. The molecule has 3 rings (SSSR count). The molecule has 0 atom stereocenters. The molecule has 1 aliphatic carbocycles. The van der Waals surface area contributed by atoms with Crippen LogP contribution in [-0.2, 0) is 12.8 Å². The first-order valence-corrected chi connectivity index (χ1v) is 6.36.